The number of anilines is 1. The number of halogens is 1. The lowest BCUT2D eigenvalue weighted by Crippen LogP contribution is -2.55. The van der Waals surface area contributed by atoms with Crippen LogP contribution in [0.2, 0.25) is 0 Å². The van der Waals surface area contributed by atoms with Crippen LogP contribution in [-0.2, 0) is 14.4 Å². The number of nitrogens with two attached hydrogens (primary N) is 1. The smallest absolute Gasteiger partial charge is 0.245 e. The molecule has 2 fully saturated rings. The van der Waals surface area contributed by atoms with E-state index in [4.69, 9.17) is 5.73 Å². The van der Waals surface area contributed by atoms with Gasteiger partial charge in [-0.3, -0.25) is 14.4 Å². The fraction of sp³-hybridized carbons (Fsp3) is 0.667. The number of carbonyl (C=O) groups excluding carboxylic acids is 3. The average molecular weight is 504 g/mol. The van der Waals surface area contributed by atoms with E-state index in [0.29, 0.717) is 18.7 Å². The molecule has 1 aliphatic heterocycles. The summed E-state index contributed by atoms with van der Waals surface area (Å²) in [6.07, 6.45) is 6.54. The number of benzene rings is 1. The standard InChI is InChI=1S/C27H42FN5O3/c1-4-23(34)31-25(27(36)33-15-13-32(3)14-16-33)18(2)20-11-12-22(21(28)17-20)30-26(35)24(29)19-9-7-5-6-8-10-19/h11-12,17-19,24-25H,4-10,13-16,29H2,1-3H3,(H,30,35)(H,31,34)/t18-,24-,25+/m0/s1. The van der Waals surface area contributed by atoms with Crippen LogP contribution in [0.25, 0.3) is 0 Å². The summed E-state index contributed by atoms with van der Waals surface area (Å²) in [7, 11) is 2.01. The number of carbonyl (C=O) groups is 3. The summed E-state index contributed by atoms with van der Waals surface area (Å²) in [5, 5.41) is 5.50. The first-order valence-corrected chi connectivity index (χ1v) is 13.3. The molecule has 1 aromatic rings. The number of piperazine rings is 1. The van der Waals surface area contributed by atoms with Crippen molar-refractivity contribution in [2.24, 2.45) is 11.7 Å². The van der Waals surface area contributed by atoms with Crippen LogP contribution in [0.5, 0.6) is 0 Å². The van der Waals surface area contributed by atoms with E-state index in [1.54, 1.807) is 17.9 Å². The van der Waals surface area contributed by atoms with Crippen molar-refractivity contribution >= 4 is 23.4 Å². The zero-order valence-corrected chi connectivity index (χ0v) is 21.9. The van der Waals surface area contributed by atoms with Gasteiger partial charge in [0.1, 0.15) is 11.9 Å². The lowest BCUT2D eigenvalue weighted by Gasteiger charge is -2.36. The van der Waals surface area contributed by atoms with E-state index in [0.717, 1.165) is 51.6 Å². The van der Waals surface area contributed by atoms with Crippen LogP contribution in [0.1, 0.15) is 70.3 Å². The molecule has 1 saturated carbocycles. The van der Waals surface area contributed by atoms with Crippen LogP contribution in [0.3, 0.4) is 0 Å². The number of hydrogen-bond acceptors (Lipinski definition) is 5. The van der Waals surface area contributed by atoms with Crippen LogP contribution in [0.15, 0.2) is 18.2 Å². The third-order valence-electron chi connectivity index (χ3n) is 7.71. The number of rotatable bonds is 8. The van der Waals surface area contributed by atoms with Crippen LogP contribution >= 0.6 is 0 Å². The minimum Gasteiger partial charge on any atom is -0.344 e. The number of hydrogen-bond donors (Lipinski definition) is 3. The molecule has 2 aliphatic rings. The molecule has 1 saturated heterocycles. The summed E-state index contributed by atoms with van der Waals surface area (Å²) in [6, 6.07) is 3.07. The van der Waals surface area contributed by atoms with Crippen LogP contribution in [0.4, 0.5) is 10.1 Å². The highest BCUT2D eigenvalue weighted by atomic mass is 19.1. The van der Waals surface area contributed by atoms with Crippen molar-refractivity contribution in [3.05, 3.63) is 29.6 Å². The van der Waals surface area contributed by atoms with Gasteiger partial charge in [-0.1, -0.05) is 45.6 Å². The third-order valence-corrected chi connectivity index (χ3v) is 7.71. The fourth-order valence-electron chi connectivity index (χ4n) is 5.11. The van der Waals surface area contributed by atoms with Crippen LogP contribution in [-0.4, -0.2) is 72.8 Å². The van der Waals surface area contributed by atoms with Gasteiger partial charge in [0.15, 0.2) is 0 Å². The fourth-order valence-corrected chi connectivity index (χ4v) is 5.11. The topological polar surface area (TPSA) is 108 Å². The van der Waals surface area contributed by atoms with E-state index in [-0.39, 0.29) is 35.7 Å². The van der Waals surface area contributed by atoms with E-state index in [9.17, 15) is 14.4 Å². The maximum Gasteiger partial charge on any atom is 0.245 e. The molecule has 0 aromatic heterocycles. The van der Waals surface area contributed by atoms with Gasteiger partial charge in [-0.05, 0) is 43.5 Å². The van der Waals surface area contributed by atoms with E-state index in [1.807, 2.05) is 14.0 Å². The lowest BCUT2D eigenvalue weighted by molar-refractivity contribution is -0.138. The number of likely N-dealkylation sites (N-methyl/N-ethyl adjacent to an activating group) is 1. The Labute approximate surface area is 214 Å². The molecular weight excluding hydrogens is 461 g/mol. The molecular formula is C27H42FN5O3. The second-order valence-electron chi connectivity index (χ2n) is 10.3. The Balaban J connectivity index is 1.71. The molecule has 0 radical (unpaired) electrons. The first-order valence-electron chi connectivity index (χ1n) is 13.3. The van der Waals surface area contributed by atoms with Crippen molar-refractivity contribution in [3.63, 3.8) is 0 Å². The summed E-state index contributed by atoms with van der Waals surface area (Å²) in [5.74, 6) is -1.71. The predicted molar refractivity (Wildman–Crippen MR) is 139 cm³/mol. The molecule has 0 unspecified atom stereocenters. The van der Waals surface area contributed by atoms with Crippen molar-refractivity contribution in [2.75, 3.05) is 38.5 Å². The second kappa shape index (κ2) is 13.1. The summed E-state index contributed by atoms with van der Waals surface area (Å²) >= 11 is 0. The van der Waals surface area contributed by atoms with Gasteiger partial charge in [-0.25, -0.2) is 4.39 Å². The molecule has 9 heteroatoms. The van der Waals surface area contributed by atoms with Gasteiger partial charge >= 0.3 is 0 Å². The Morgan fingerprint density at radius 1 is 1.08 bits per heavy atom. The van der Waals surface area contributed by atoms with Crippen molar-refractivity contribution in [3.8, 4) is 0 Å². The van der Waals surface area contributed by atoms with Crippen molar-refractivity contribution < 1.29 is 18.8 Å². The summed E-state index contributed by atoms with van der Waals surface area (Å²) in [6.45, 7) is 6.24. The van der Waals surface area contributed by atoms with Gasteiger partial charge in [0.05, 0.1) is 11.7 Å². The van der Waals surface area contributed by atoms with Gasteiger partial charge in [0.25, 0.3) is 0 Å². The molecule has 1 heterocycles. The van der Waals surface area contributed by atoms with Gasteiger partial charge < -0.3 is 26.2 Å². The molecule has 3 rings (SSSR count). The van der Waals surface area contributed by atoms with E-state index in [1.165, 1.54) is 12.1 Å². The van der Waals surface area contributed by atoms with Gasteiger partial charge in [-0.2, -0.15) is 0 Å². The Bertz CT molecular complexity index is 911. The van der Waals surface area contributed by atoms with E-state index in [2.05, 4.69) is 15.5 Å². The molecule has 1 aliphatic carbocycles. The molecule has 0 spiro atoms. The highest BCUT2D eigenvalue weighted by molar-refractivity contribution is 5.95. The predicted octanol–water partition coefficient (Wildman–Crippen LogP) is 2.83. The van der Waals surface area contributed by atoms with Gasteiger partial charge in [0.2, 0.25) is 17.7 Å². The van der Waals surface area contributed by atoms with Crippen molar-refractivity contribution in [2.45, 2.75) is 76.8 Å². The normalized spacial score (nSPS) is 20.2. The number of nitrogens with one attached hydrogen (secondary N) is 2. The SMILES string of the molecule is CCC(=O)N[C@@H](C(=O)N1CCN(C)CC1)[C@@H](C)c1ccc(NC(=O)[C@@H](N)C2CCCCCC2)c(F)c1. The largest absolute Gasteiger partial charge is 0.344 e. The molecule has 3 amide bonds. The van der Waals surface area contributed by atoms with Crippen LogP contribution < -0.4 is 16.4 Å². The van der Waals surface area contributed by atoms with Crippen LogP contribution in [0, 0.1) is 11.7 Å². The van der Waals surface area contributed by atoms with E-state index >= 15 is 4.39 Å². The molecule has 8 nitrogen and oxygen atoms in total. The minimum absolute atomic E-state index is 0.0690. The van der Waals surface area contributed by atoms with E-state index < -0.39 is 23.8 Å². The Morgan fingerprint density at radius 2 is 1.72 bits per heavy atom. The first-order chi connectivity index (χ1) is 17.2. The first kappa shape index (κ1) is 28.1. The minimum atomic E-state index is -0.802. The molecule has 4 N–H and O–H groups in total. The maximum absolute atomic E-state index is 15.1. The maximum atomic E-state index is 15.1. The molecule has 3 atom stereocenters. The van der Waals surface area contributed by atoms with Gasteiger partial charge in [-0.15, -0.1) is 0 Å². The number of nitrogens with zero attached hydrogens (tertiary/aromatic N) is 2. The second-order valence-corrected chi connectivity index (χ2v) is 10.3. The molecule has 36 heavy (non-hydrogen) atoms. The summed E-state index contributed by atoms with van der Waals surface area (Å²) in [5.41, 5.74) is 6.87. The van der Waals surface area contributed by atoms with Gasteiger partial charge in [0, 0.05) is 38.5 Å². The summed E-state index contributed by atoms with van der Waals surface area (Å²) < 4.78 is 15.1. The third kappa shape index (κ3) is 7.26. The molecule has 0 bridgehead atoms. The van der Waals surface area contributed by atoms with Crippen molar-refractivity contribution in [1.29, 1.82) is 0 Å². The lowest BCUT2D eigenvalue weighted by atomic mass is 9.91. The Morgan fingerprint density at radius 3 is 2.31 bits per heavy atom. The molecule has 200 valence electrons. The zero-order valence-electron chi connectivity index (χ0n) is 21.9. The summed E-state index contributed by atoms with van der Waals surface area (Å²) in [4.78, 5) is 42.2. The van der Waals surface area contributed by atoms with Crippen molar-refractivity contribution in [1.82, 2.24) is 15.1 Å². The Kier molecular flexibility index (Phi) is 10.2. The average Bonchev–Trinajstić information content (AvgIpc) is 3.17. The highest BCUT2D eigenvalue weighted by Gasteiger charge is 2.33. The molecule has 1 aromatic carbocycles. The highest BCUT2D eigenvalue weighted by Crippen LogP contribution is 2.28. The number of amides is 3. The quantitative estimate of drug-likeness (QED) is 0.473. The monoisotopic (exact) mass is 503 g/mol. The Hall–Kier alpha value is -2.52. The zero-order chi connectivity index (χ0) is 26.2.